The van der Waals surface area contributed by atoms with Crippen LogP contribution < -0.4 is 0 Å². The monoisotopic (exact) mass is 374 g/mol. The molecule has 0 saturated heterocycles. The molecule has 2 aromatic carbocycles. The van der Waals surface area contributed by atoms with Crippen molar-refractivity contribution in [3.8, 4) is 0 Å². The first-order valence-corrected chi connectivity index (χ1v) is 10.3. The van der Waals surface area contributed by atoms with Crippen LogP contribution in [-0.4, -0.2) is 9.13 Å². The maximum Gasteiger partial charge on any atom is 0.0486 e. The lowest BCUT2D eigenvalue weighted by Gasteiger charge is -2.09. The first kappa shape index (κ1) is 21.6. The molecule has 0 aliphatic heterocycles. The van der Waals surface area contributed by atoms with Crippen LogP contribution in [-0.2, 0) is 14.1 Å². The number of hydrogen-bond acceptors (Lipinski definition) is 0. The average Bonchev–Trinajstić information content (AvgIpc) is 3.16. The summed E-state index contributed by atoms with van der Waals surface area (Å²) in [7, 11) is 4.26. The van der Waals surface area contributed by atoms with Gasteiger partial charge in [-0.05, 0) is 31.6 Å². The molecule has 2 nitrogen and oxygen atoms in total. The molecule has 0 atom stereocenters. The first-order valence-electron chi connectivity index (χ1n) is 10.3. The van der Waals surface area contributed by atoms with Gasteiger partial charge in [0.2, 0.25) is 0 Å². The van der Waals surface area contributed by atoms with Gasteiger partial charge < -0.3 is 9.13 Å². The fourth-order valence-corrected chi connectivity index (χ4v) is 3.93. The van der Waals surface area contributed by atoms with Gasteiger partial charge in [0.15, 0.2) is 0 Å². The van der Waals surface area contributed by atoms with Gasteiger partial charge in [0.25, 0.3) is 0 Å². The summed E-state index contributed by atoms with van der Waals surface area (Å²) in [4.78, 5) is 0. The molecule has 28 heavy (non-hydrogen) atoms. The van der Waals surface area contributed by atoms with Crippen molar-refractivity contribution in [3.05, 3.63) is 77.6 Å². The predicted octanol–water partition coefficient (Wildman–Crippen LogP) is 7.40. The Bertz CT molecular complexity index is 1020. The molecular formula is C26H34N2. The summed E-state index contributed by atoms with van der Waals surface area (Å²) in [5, 5.41) is 2.55. The molecule has 0 fully saturated rings. The molecule has 148 valence electrons. The molecule has 2 heterocycles. The van der Waals surface area contributed by atoms with Gasteiger partial charge in [-0.2, -0.15) is 0 Å². The zero-order valence-electron chi connectivity index (χ0n) is 18.7. The third kappa shape index (κ3) is 3.28. The van der Waals surface area contributed by atoms with Crippen LogP contribution in [0.2, 0.25) is 0 Å². The molecule has 0 aliphatic carbocycles. The molecule has 0 saturated carbocycles. The summed E-state index contributed by atoms with van der Waals surface area (Å²) in [6, 6.07) is 17.1. The number of nitrogens with zero attached hydrogens (tertiary/aromatic N) is 2. The maximum absolute atomic E-state index is 4.52. The Labute approximate surface area is 170 Å². The van der Waals surface area contributed by atoms with Crippen molar-refractivity contribution >= 4 is 27.4 Å². The molecule has 0 amide bonds. The summed E-state index contributed by atoms with van der Waals surface area (Å²) in [5.41, 5.74) is 8.65. The van der Waals surface area contributed by atoms with Crippen molar-refractivity contribution < 1.29 is 0 Å². The molecule has 4 aromatic rings. The SMILES string of the molecule is C=C(c1c(C)n(C)c2ccccc12)c1c(C)n(C)c2ccccc12.CC.CC. The fourth-order valence-electron chi connectivity index (χ4n) is 3.93. The van der Waals surface area contributed by atoms with Crippen molar-refractivity contribution in [1.82, 2.24) is 9.13 Å². The Kier molecular flexibility index (Phi) is 6.90. The van der Waals surface area contributed by atoms with Crippen molar-refractivity contribution in [2.45, 2.75) is 41.5 Å². The molecule has 2 heteroatoms. The van der Waals surface area contributed by atoms with E-state index in [0.717, 1.165) is 5.57 Å². The second-order valence-electron chi connectivity index (χ2n) is 6.55. The standard InChI is InChI=1S/C22H22N2.2C2H6/c1-14(21-15(2)23(4)19-12-8-6-10-17(19)21)22-16(3)24(5)20-13-9-7-11-18(20)22;2*1-2/h6-13H,1H2,2-5H3;2*1-2H3. The number of para-hydroxylation sites is 2. The predicted molar refractivity (Wildman–Crippen MR) is 126 cm³/mol. The Morgan fingerprint density at radius 2 is 0.964 bits per heavy atom. The van der Waals surface area contributed by atoms with E-state index >= 15 is 0 Å². The summed E-state index contributed by atoms with van der Waals surface area (Å²) in [6.07, 6.45) is 0. The number of rotatable bonds is 2. The average molecular weight is 375 g/mol. The van der Waals surface area contributed by atoms with E-state index in [4.69, 9.17) is 0 Å². The minimum absolute atomic E-state index is 1.11. The molecule has 0 unspecified atom stereocenters. The minimum atomic E-state index is 1.11. The molecule has 0 N–H and O–H groups in total. The van der Waals surface area contributed by atoms with Gasteiger partial charge in [-0.3, -0.25) is 0 Å². The molecule has 0 aliphatic rings. The topological polar surface area (TPSA) is 9.86 Å². The number of aryl methyl sites for hydroxylation is 2. The van der Waals surface area contributed by atoms with Crippen LogP contribution in [0.5, 0.6) is 0 Å². The molecule has 4 rings (SSSR count). The van der Waals surface area contributed by atoms with E-state index in [2.05, 4.69) is 92.2 Å². The van der Waals surface area contributed by atoms with Crippen LogP contribution in [0.15, 0.2) is 55.1 Å². The number of hydrogen-bond donors (Lipinski definition) is 0. The van der Waals surface area contributed by atoms with Crippen molar-refractivity contribution in [3.63, 3.8) is 0 Å². The van der Waals surface area contributed by atoms with Gasteiger partial charge in [-0.1, -0.05) is 70.7 Å². The Hall–Kier alpha value is -2.74. The van der Waals surface area contributed by atoms with Crippen molar-refractivity contribution in [1.29, 1.82) is 0 Å². The van der Waals surface area contributed by atoms with Gasteiger partial charge in [0.1, 0.15) is 0 Å². The van der Waals surface area contributed by atoms with E-state index in [1.807, 2.05) is 27.7 Å². The fraction of sp³-hybridized carbons (Fsp3) is 0.308. The van der Waals surface area contributed by atoms with E-state index in [1.54, 1.807) is 0 Å². The van der Waals surface area contributed by atoms with Gasteiger partial charge in [-0.25, -0.2) is 0 Å². The summed E-state index contributed by atoms with van der Waals surface area (Å²) >= 11 is 0. The molecular weight excluding hydrogens is 340 g/mol. The maximum atomic E-state index is 4.52. The third-order valence-corrected chi connectivity index (χ3v) is 5.40. The lowest BCUT2D eigenvalue weighted by Crippen LogP contribution is -1.95. The lowest BCUT2D eigenvalue weighted by molar-refractivity contribution is 0.911. The highest BCUT2D eigenvalue weighted by atomic mass is 15.0. The van der Waals surface area contributed by atoms with E-state index in [-0.39, 0.29) is 0 Å². The lowest BCUT2D eigenvalue weighted by atomic mass is 9.95. The Morgan fingerprint density at radius 1 is 0.643 bits per heavy atom. The van der Waals surface area contributed by atoms with Gasteiger partial charge in [-0.15, -0.1) is 0 Å². The zero-order valence-corrected chi connectivity index (χ0v) is 18.7. The Morgan fingerprint density at radius 3 is 1.32 bits per heavy atom. The largest absolute Gasteiger partial charge is 0.347 e. The van der Waals surface area contributed by atoms with E-state index in [9.17, 15) is 0 Å². The Balaban J connectivity index is 0.000000660. The van der Waals surface area contributed by atoms with Crippen LogP contribution in [0.25, 0.3) is 27.4 Å². The minimum Gasteiger partial charge on any atom is -0.347 e. The van der Waals surface area contributed by atoms with Gasteiger partial charge in [0, 0.05) is 58.4 Å². The van der Waals surface area contributed by atoms with Crippen LogP contribution >= 0.6 is 0 Å². The first-order chi connectivity index (χ1) is 13.5. The molecule has 0 spiro atoms. The summed E-state index contributed by atoms with van der Waals surface area (Å²) in [6.45, 7) is 16.9. The molecule has 0 radical (unpaired) electrons. The van der Waals surface area contributed by atoms with Crippen LogP contribution in [0, 0.1) is 13.8 Å². The normalized spacial score (nSPS) is 10.3. The highest BCUT2D eigenvalue weighted by Gasteiger charge is 2.20. The smallest absolute Gasteiger partial charge is 0.0486 e. The second kappa shape index (κ2) is 8.97. The van der Waals surface area contributed by atoms with Crippen LogP contribution in [0.1, 0.15) is 50.2 Å². The van der Waals surface area contributed by atoms with E-state index < -0.39 is 0 Å². The zero-order chi connectivity index (χ0) is 21.0. The van der Waals surface area contributed by atoms with Gasteiger partial charge >= 0.3 is 0 Å². The number of benzene rings is 2. The highest BCUT2D eigenvalue weighted by molar-refractivity contribution is 6.05. The van der Waals surface area contributed by atoms with Crippen LogP contribution in [0.3, 0.4) is 0 Å². The summed E-state index contributed by atoms with van der Waals surface area (Å²) in [5.74, 6) is 0. The highest BCUT2D eigenvalue weighted by Crippen LogP contribution is 2.38. The van der Waals surface area contributed by atoms with Crippen LogP contribution in [0.4, 0.5) is 0 Å². The molecule has 0 bridgehead atoms. The number of aromatic nitrogens is 2. The van der Waals surface area contributed by atoms with E-state index in [1.165, 1.54) is 44.3 Å². The van der Waals surface area contributed by atoms with Gasteiger partial charge in [0.05, 0.1) is 0 Å². The third-order valence-electron chi connectivity index (χ3n) is 5.40. The van der Waals surface area contributed by atoms with E-state index in [0.29, 0.717) is 0 Å². The summed E-state index contributed by atoms with van der Waals surface area (Å²) < 4.78 is 4.52. The number of fused-ring (bicyclic) bond motifs is 2. The molecule has 2 aromatic heterocycles. The second-order valence-corrected chi connectivity index (χ2v) is 6.55. The van der Waals surface area contributed by atoms with Crippen molar-refractivity contribution in [2.75, 3.05) is 0 Å². The van der Waals surface area contributed by atoms with Crippen molar-refractivity contribution in [2.24, 2.45) is 14.1 Å². The quantitative estimate of drug-likeness (QED) is 0.346.